The van der Waals surface area contributed by atoms with Gasteiger partial charge < -0.3 is 20.1 Å². The van der Waals surface area contributed by atoms with E-state index in [0.717, 1.165) is 44.3 Å². The number of para-hydroxylation sites is 1. The Morgan fingerprint density at radius 3 is 2.29 bits per heavy atom. The summed E-state index contributed by atoms with van der Waals surface area (Å²) in [6.07, 6.45) is 3.52. The Labute approximate surface area is 202 Å². The van der Waals surface area contributed by atoms with Gasteiger partial charge in [0, 0.05) is 53.3 Å². The van der Waals surface area contributed by atoms with E-state index in [-0.39, 0.29) is 5.91 Å². The number of rotatable bonds is 6. The number of pyridine rings is 2. The smallest absolute Gasteiger partial charge is 0.221 e. The van der Waals surface area contributed by atoms with Crippen molar-refractivity contribution in [1.82, 2.24) is 9.97 Å². The van der Waals surface area contributed by atoms with Gasteiger partial charge in [0.1, 0.15) is 11.5 Å². The lowest BCUT2D eigenvalue weighted by Gasteiger charge is -2.17. The molecule has 7 nitrogen and oxygen atoms in total. The van der Waals surface area contributed by atoms with Crippen LogP contribution in [-0.4, -0.2) is 30.1 Å². The van der Waals surface area contributed by atoms with E-state index in [2.05, 4.69) is 32.7 Å². The number of anilines is 3. The molecule has 0 spiro atoms. The molecular weight excluding hydrogens is 440 g/mol. The molecule has 0 aliphatic carbocycles. The highest BCUT2D eigenvalue weighted by Crippen LogP contribution is 2.37. The first-order valence-electron chi connectivity index (χ1n) is 11.1. The summed E-state index contributed by atoms with van der Waals surface area (Å²) in [6, 6.07) is 21.7. The maximum atomic E-state index is 12.0. The van der Waals surface area contributed by atoms with E-state index in [1.165, 1.54) is 6.92 Å². The van der Waals surface area contributed by atoms with Crippen molar-refractivity contribution in [2.24, 2.45) is 0 Å². The van der Waals surface area contributed by atoms with Crippen LogP contribution in [0.1, 0.15) is 6.92 Å². The first kappa shape index (κ1) is 22.2. The Morgan fingerprint density at radius 2 is 1.54 bits per heavy atom. The molecule has 5 aromatic rings. The number of carbonyl (C=O) groups excluding carboxylic acids is 1. The van der Waals surface area contributed by atoms with E-state index in [0.29, 0.717) is 17.2 Å². The standard InChI is InChI=1S/C28H24N4O3/c1-17(33)31-27-16-30-26-9-8-18(20-10-19-6-4-5-7-25(19)29-15-20)11-24(26)28(27)32-21-12-22(34-2)14-23(13-21)35-3/h4-16H,1-3H3,(H,30,32)(H,31,33). The molecule has 2 aromatic heterocycles. The fourth-order valence-corrected chi connectivity index (χ4v) is 4.04. The minimum absolute atomic E-state index is 0.188. The minimum Gasteiger partial charge on any atom is -0.497 e. The number of aromatic nitrogens is 2. The maximum absolute atomic E-state index is 12.0. The molecule has 35 heavy (non-hydrogen) atoms. The summed E-state index contributed by atoms with van der Waals surface area (Å²) >= 11 is 0. The Bertz CT molecular complexity index is 1540. The number of hydrogen-bond acceptors (Lipinski definition) is 6. The molecule has 174 valence electrons. The van der Waals surface area contributed by atoms with Crippen molar-refractivity contribution < 1.29 is 14.3 Å². The molecule has 0 radical (unpaired) electrons. The monoisotopic (exact) mass is 464 g/mol. The van der Waals surface area contributed by atoms with Gasteiger partial charge in [0.25, 0.3) is 0 Å². The summed E-state index contributed by atoms with van der Waals surface area (Å²) in [4.78, 5) is 21.1. The second-order valence-corrected chi connectivity index (χ2v) is 8.10. The quantitative estimate of drug-likeness (QED) is 0.313. The van der Waals surface area contributed by atoms with Crippen molar-refractivity contribution in [1.29, 1.82) is 0 Å². The van der Waals surface area contributed by atoms with Crippen molar-refractivity contribution in [3.05, 3.63) is 79.1 Å². The average Bonchev–Trinajstić information content (AvgIpc) is 2.89. The van der Waals surface area contributed by atoms with Gasteiger partial charge in [-0.2, -0.15) is 0 Å². The van der Waals surface area contributed by atoms with Crippen LogP contribution in [0.5, 0.6) is 11.5 Å². The predicted octanol–water partition coefficient (Wildman–Crippen LogP) is 6.17. The summed E-state index contributed by atoms with van der Waals surface area (Å²) in [6.45, 7) is 1.47. The van der Waals surface area contributed by atoms with Crippen molar-refractivity contribution in [2.45, 2.75) is 6.92 Å². The molecular formula is C28H24N4O3. The van der Waals surface area contributed by atoms with Crippen LogP contribution in [0.4, 0.5) is 17.1 Å². The van der Waals surface area contributed by atoms with Gasteiger partial charge in [-0.3, -0.25) is 14.8 Å². The summed E-state index contributed by atoms with van der Waals surface area (Å²) in [5.74, 6) is 1.11. The minimum atomic E-state index is -0.188. The van der Waals surface area contributed by atoms with Crippen LogP contribution >= 0.6 is 0 Å². The van der Waals surface area contributed by atoms with E-state index in [1.807, 2.05) is 54.7 Å². The van der Waals surface area contributed by atoms with Gasteiger partial charge in [0.15, 0.2) is 0 Å². The number of fused-ring (bicyclic) bond motifs is 2. The molecule has 2 N–H and O–H groups in total. The molecule has 0 aliphatic heterocycles. The van der Waals surface area contributed by atoms with Gasteiger partial charge in [0.05, 0.1) is 42.8 Å². The highest BCUT2D eigenvalue weighted by molar-refractivity contribution is 6.05. The second kappa shape index (κ2) is 9.30. The van der Waals surface area contributed by atoms with Crippen LogP contribution < -0.4 is 20.1 Å². The molecule has 0 bridgehead atoms. The molecule has 5 rings (SSSR count). The van der Waals surface area contributed by atoms with Crippen LogP contribution in [0.2, 0.25) is 0 Å². The van der Waals surface area contributed by atoms with Crippen molar-refractivity contribution >= 4 is 44.8 Å². The highest BCUT2D eigenvalue weighted by atomic mass is 16.5. The SMILES string of the molecule is COc1cc(Nc2c(NC(C)=O)cnc3ccc(-c4cnc5ccccc5c4)cc23)cc(OC)c1. The zero-order chi connectivity index (χ0) is 24.4. The molecule has 0 aliphatic rings. The number of carbonyl (C=O) groups is 1. The molecule has 0 saturated heterocycles. The normalized spacial score (nSPS) is 10.8. The molecule has 0 unspecified atom stereocenters. The number of benzene rings is 3. The third kappa shape index (κ3) is 4.56. The number of nitrogens with zero attached hydrogens (tertiary/aromatic N) is 2. The number of ether oxygens (including phenoxy) is 2. The molecule has 2 heterocycles. The summed E-state index contributed by atoms with van der Waals surface area (Å²) < 4.78 is 10.8. The Morgan fingerprint density at radius 1 is 0.800 bits per heavy atom. The van der Waals surface area contributed by atoms with Gasteiger partial charge in [0.2, 0.25) is 5.91 Å². The Balaban J connectivity index is 1.67. The number of hydrogen-bond donors (Lipinski definition) is 2. The molecule has 1 amide bonds. The van der Waals surface area contributed by atoms with E-state index in [4.69, 9.17) is 9.47 Å². The van der Waals surface area contributed by atoms with Gasteiger partial charge in [-0.25, -0.2) is 0 Å². The lowest BCUT2D eigenvalue weighted by atomic mass is 10.0. The topological polar surface area (TPSA) is 85.4 Å². The number of nitrogens with one attached hydrogen (secondary N) is 2. The van der Waals surface area contributed by atoms with Gasteiger partial charge >= 0.3 is 0 Å². The maximum Gasteiger partial charge on any atom is 0.221 e. The zero-order valence-electron chi connectivity index (χ0n) is 19.6. The van der Waals surface area contributed by atoms with E-state index >= 15 is 0 Å². The van der Waals surface area contributed by atoms with Crippen LogP contribution in [0.3, 0.4) is 0 Å². The van der Waals surface area contributed by atoms with Crippen molar-refractivity contribution in [2.75, 3.05) is 24.9 Å². The first-order valence-corrected chi connectivity index (χ1v) is 11.1. The Kier molecular flexibility index (Phi) is 5.89. The van der Waals surface area contributed by atoms with Crippen LogP contribution in [-0.2, 0) is 4.79 Å². The lowest BCUT2D eigenvalue weighted by Crippen LogP contribution is -2.09. The van der Waals surface area contributed by atoms with Crippen LogP contribution in [0.25, 0.3) is 32.9 Å². The summed E-state index contributed by atoms with van der Waals surface area (Å²) in [5.41, 5.74) is 5.75. The van der Waals surface area contributed by atoms with Crippen molar-refractivity contribution in [3.63, 3.8) is 0 Å². The summed E-state index contributed by atoms with van der Waals surface area (Å²) in [5, 5.41) is 8.25. The molecule has 0 fully saturated rings. The van der Waals surface area contributed by atoms with Crippen LogP contribution in [0.15, 0.2) is 79.1 Å². The van der Waals surface area contributed by atoms with Gasteiger partial charge in [-0.05, 0) is 29.8 Å². The second-order valence-electron chi connectivity index (χ2n) is 8.10. The lowest BCUT2D eigenvalue weighted by molar-refractivity contribution is -0.114. The fraction of sp³-hybridized carbons (Fsp3) is 0.107. The molecule has 0 saturated carbocycles. The zero-order valence-corrected chi connectivity index (χ0v) is 19.6. The highest BCUT2D eigenvalue weighted by Gasteiger charge is 2.14. The summed E-state index contributed by atoms with van der Waals surface area (Å²) in [7, 11) is 3.21. The van der Waals surface area contributed by atoms with Crippen LogP contribution in [0, 0.1) is 0 Å². The van der Waals surface area contributed by atoms with Gasteiger partial charge in [-0.1, -0.05) is 24.3 Å². The largest absolute Gasteiger partial charge is 0.497 e. The number of methoxy groups -OCH3 is 2. The third-order valence-electron chi connectivity index (χ3n) is 5.72. The average molecular weight is 465 g/mol. The third-order valence-corrected chi connectivity index (χ3v) is 5.72. The molecule has 3 aromatic carbocycles. The van der Waals surface area contributed by atoms with E-state index < -0.39 is 0 Å². The molecule has 7 heteroatoms. The first-order chi connectivity index (χ1) is 17.0. The van der Waals surface area contributed by atoms with E-state index in [1.54, 1.807) is 26.5 Å². The fourth-order valence-electron chi connectivity index (χ4n) is 4.04. The Hall–Kier alpha value is -4.65. The van der Waals surface area contributed by atoms with Gasteiger partial charge in [-0.15, -0.1) is 0 Å². The molecule has 0 atom stereocenters. The van der Waals surface area contributed by atoms with E-state index in [9.17, 15) is 4.79 Å². The number of amides is 1. The predicted molar refractivity (Wildman–Crippen MR) is 140 cm³/mol. The van der Waals surface area contributed by atoms with Crippen molar-refractivity contribution in [3.8, 4) is 22.6 Å².